The number of carbonyl (C=O) groups is 2. The van der Waals surface area contributed by atoms with Crippen LogP contribution in [0.1, 0.15) is 18.1 Å². The summed E-state index contributed by atoms with van der Waals surface area (Å²) in [7, 11) is 0. The number of ether oxygens (including phenoxy) is 2. The Morgan fingerprint density at radius 2 is 1.68 bits per heavy atom. The quantitative estimate of drug-likeness (QED) is 0.179. The zero-order valence-corrected chi connectivity index (χ0v) is 23.0. The molecule has 3 aromatic carbocycles. The molecule has 1 fully saturated rings. The van der Waals surface area contributed by atoms with Crippen molar-refractivity contribution >= 4 is 87.3 Å². The van der Waals surface area contributed by atoms with E-state index in [4.69, 9.17) is 68.1 Å². The molecule has 1 aliphatic heterocycles. The minimum atomic E-state index is -0.675. The van der Waals surface area contributed by atoms with Gasteiger partial charge >= 0.3 is 0 Å². The molecule has 11 heteroatoms. The summed E-state index contributed by atoms with van der Waals surface area (Å²) in [4.78, 5) is 27.2. The highest BCUT2D eigenvalue weighted by atomic mass is 35.5. The number of hydrogen-bond acceptors (Lipinski definition) is 5. The topological polar surface area (TPSA) is 67.9 Å². The van der Waals surface area contributed by atoms with E-state index in [9.17, 15) is 9.59 Å². The average Bonchev–Trinajstić information content (AvgIpc) is 2.85. The van der Waals surface area contributed by atoms with Gasteiger partial charge in [-0.2, -0.15) is 0 Å². The highest BCUT2D eigenvalue weighted by Gasteiger charge is 2.35. The van der Waals surface area contributed by atoms with E-state index in [0.717, 1.165) is 10.5 Å². The first-order valence-corrected chi connectivity index (χ1v) is 12.8. The smallest absolute Gasteiger partial charge is 0.270 e. The van der Waals surface area contributed by atoms with Crippen LogP contribution >= 0.6 is 58.6 Å². The Balaban J connectivity index is 1.69. The van der Waals surface area contributed by atoms with E-state index in [2.05, 4.69) is 5.32 Å². The molecule has 0 unspecified atom stereocenters. The molecule has 1 aliphatic rings. The summed E-state index contributed by atoms with van der Waals surface area (Å²) in [5, 5.41) is 3.53. The van der Waals surface area contributed by atoms with Crippen LogP contribution in [0.15, 0.2) is 60.2 Å². The fourth-order valence-electron chi connectivity index (χ4n) is 3.55. The zero-order valence-electron chi connectivity index (χ0n) is 19.2. The van der Waals surface area contributed by atoms with Crippen molar-refractivity contribution in [2.75, 3.05) is 11.5 Å². The van der Waals surface area contributed by atoms with Crippen LogP contribution < -0.4 is 19.7 Å². The van der Waals surface area contributed by atoms with E-state index >= 15 is 0 Å². The van der Waals surface area contributed by atoms with E-state index in [-0.39, 0.29) is 38.0 Å². The lowest BCUT2D eigenvalue weighted by Crippen LogP contribution is -2.54. The molecular weight excluding hydrogens is 578 g/mol. The third-order valence-electron chi connectivity index (χ3n) is 5.25. The van der Waals surface area contributed by atoms with Gasteiger partial charge in [0.25, 0.3) is 11.8 Å². The van der Waals surface area contributed by atoms with Gasteiger partial charge in [0.15, 0.2) is 16.6 Å². The lowest BCUT2D eigenvalue weighted by atomic mass is 10.1. The van der Waals surface area contributed by atoms with E-state index < -0.39 is 11.8 Å². The van der Waals surface area contributed by atoms with Gasteiger partial charge in [0.2, 0.25) is 0 Å². The number of anilines is 1. The molecule has 1 N–H and O–H groups in total. The summed E-state index contributed by atoms with van der Waals surface area (Å²) in [5.41, 5.74) is 1.26. The fourth-order valence-corrected chi connectivity index (χ4v) is 4.67. The Kier molecular flexibility index (Phi) is 8.62. The summed E-state index contributed by atoms with van der Waals surface area (Å²) in [6, 6.07) is 15.2. The van der Waals surface area contributed by atoms with Crippen molar-refractivity contribution in [2.45, 2.75) is 13.5 Å². The second kappa shape index (κ2) is 11.7. The molecule has 2 amide bonds. The molecule has 37 heavy (non-hydrogen) atoms. The van der Waals surface area contributed by atoms with Crippen LogP contribution in [0, 0.1) is 0 Å². The minimum Gasteiger partial charge on any atom is -0.490 e. The fraction of sp³-hybridized carbons (Fsp3) is 0.115. The van der Waals surface area contributed by atoms with Crippen molar-refractivity contribution in [3.8, 4) is 11.5 Å². The maximum absolute atomic E-state index is 13.4. The minimum absolute atomic E-state index is 0.118. The largest absolute Gasteiger partial charge is 0.490 e. The Morgan fingerprint density at radius 1 is 0.946 bits per heavy atom. The molecule has 0 aliphatic carbocycles. The third-order valence-corrected chi connectivity index (χ3v) is 6.99. The normalized spacial score (nSPS) is 14.7. The van der Waals surface area contributed by atoms with Crippen molar-refractivity contribution in [1.82, 2.24) is 5.32 Å². The number of thiocarbonyl (C=S) groups is 1. The lowest BCUT2D eigenvalue weighted by molar-refractivity contribution is -0.122. The van der Waals surface area contributed by atoms with Crippen LogP contribution in [0.5, 0.6) is 11.5 Å². The second-order valence-corrected chi connectivity index (χ2v) is 9.66. The van der Waals surface area contributed by atoms with Crippen LogP contribution in [-0.2, 0) is 16.2 Å². The average molecular weight is 596 g/mol. The molecule has 0 radical (unpaired) electrons. The third kappa shape index (κ3) is 5.87. The van der Waals surface area contributed by atoms with Crippen LogP contribution in [0.3, 0.4) is 0 Å². The zero-order chi connectivity index (χ0) is 26.7. The van der Waals surface area contributed by atoms with Gasteiger partial charge in [-0.1, -0.05) is 70.7 Å². The summed E-state index contributed by atoms with van der Waals surface area (Å²) >= 11 is 30.4. The number of amides is 2. The monoisotopic (exact) mass is 594 g/mol. The number of nitrogens with zero attached hydrogens (tertiary/aromatic N) is 1. The molecule has 4 rings (SSSR count). The highest BCUT2D eigenvalue weighted by molar-refractivity contribution is 7.80. The number of rotatable bonds is 7. The standard InChI is InChI=1S/C26H18Cl4N2O4S/c1-2-35-21-12-14(11-19(29)23(21)36-13-15-6-3-4-7-17(15)27)10-16-24(33)31-26(37)32(25(16)34)20-9-5-8-18(28)22(20)30/h3-12H,2,13H2,1H3,(H,31,33,37)/b16-10+. The van der Waals surface area contributed by atoms with Crippen molar-refractivity contribution in [1.29, 1.82) is 0 Å². The Hall–Kier alpha value is -2.81. The molecule has 1 saturated heterocycles. The van der Waals surface area contributed by atoms with Gasteiger partial charge in [-0.05, 0) is 61.1 Å². The first-order valence-electron chi connectivity index (χ1n) is 10.9. The Morgan fingerprint density at radius 3 is 2.41 bits per heavy atom. The summed E-state index contributed by atoms with van der Waals surface area (Å²) < 4.78 is 11.7. The van der Waals surface area contributed by atoms with Crippen molar-refractivity contribution in [3.63, 3.8) is 0 Å². The Labute approximate surface area is 238 Å². The summed E-state index contributed by atoms with van der Waals surface area (Å²) in [5.74, 6) is -0.704. The van der Waals surface area contributed by atoms with Crippen molar-refractivity contribution in [2.24, 2.45) is 0 Å². The van der Waals surface area contributed by atoms with Gasteiger partial charge < -0.3 is 9.47 Å². The van der Waals surface area contributed by atoms with E-state index in [1.807, 2.05) is 25.1 Å². The summed E-state index contributed by atoms with van der Waals surface area (Å²) in [6.07, 6.45) is 1.39. The van der Waals surface area contributed by atoms with Crippen molar-refractivity contribution in [3.05, 3.63) is 91.4 Å². The SMILES string of the molecule is CCOc1cc(/C=C2\C(=O)NC(=S)N(c3cccc(Cl)c3Cl)C2=O)cc(Cl)c1OCc1ccccc1Cl. The first-order chi connectivity index (χ1) is 17.7. The molecule has 0 atom stereocenters. The van der Waals surface area contributed by atoms with Crippen LogP contribution in [0.25, 0.3) is 6.08 Å². The Bertz CT molecular complexity index is 1440. The number of carbonyl (C=O) groups excluding carboxylic acids is 2. The predicted molar refractivity (Wildman–Crippen MR) is 151 cm³/mol. The lowest BCUT2D eigenvalue weighted by Gasteiger charge is -2.29. The highest BCUT2D eigenvalue weighted by Crippen LogP contribution is 2.39. The van der Waals surface area contributed by atoms with E-state index in [1.54, 1.807) is 36.4 Å². The van der Waals surface area contributed by atoms with Crippen LogP contribution in [0.4, 0.5) is 5.69 Å². The van der Waals surface area contributed by atoms with Gasteiger partial charge in [0.05, 0.1) is 27.4 Å². The summed E-state index contributed by atoms with van der Waals surface area (Å²) in [6.45, 7) is 2.30. The first kappa shape index (κ1) is 27.2. The molecule has 0 spiro atoms. The molecule has 0 aromatic heterocycles. The number of hydrogen-bond donors (Lipinski definition) is 1. The molecular formula is C26H18Cl4N2O4S. The van der Waals surface area contributed by atoms with Gasteiger partial charge in [-0.15, -0.1) is 0 Å². The second-order valence-electron chi connectivity index (χ2n) is 7.67. The molecule has 190 valence electrons. The molecule has 0 saturated carbocycles. The maximum atomic E-state index is 13.4. The van der Waals surface area contributed by atoms with Gasteiger partial charge in [-0.3, -0.25) is 19.8 Å². The number of halogens is 4. The number of benzene rings is 3. The molecule has 0 bridgehead atoms. The van der Waals surface area contributed by atoms with Crippen molar-refractivity contribution < 1.29 is 19.1 Å². The maximum Gasteiger partial charge on any atom is 0.270 e. The van der Waals surface area contributed by atoms with Crippen LogP contribution in [0.2, 0.25) is 20.1 Å². The van der Waals surface area contributed by atoms with Gasteiger partial charge in [0, 0.05) is 10.6 Å². The van der Waals surface area contributed by atoms with Crippen LogP contribution in [-0.4, -0.2) is 23.5 Å². The molecule has 3 aromatic rings. The predicted octanol–water partition coefficient (Wildman–Crippen LogP) is 7.11. The van der Waals surface area contributed by atoms with E-state index in [1.165, 1.54) is 6.08 Å². The number of nitrogens with one attached hydrogen (secondary N) is 1. The van der Waals surface area contributed by atoms with E-state index in [0.29, 0.717) is 28.7 Å². The molecule has 1 heterocycles. The van der Waals surface area contributed by atoms with Gasteiger partial charge in [0.1, 0.15) is 12.2 Å². The van der Waals surface area contributed by atoms with Gasteiger partial charge in [-0.25, -0.2) is 0 Å². The molecule has 6 nitrogen and oxygen atoms in total.